The fourth-order valence-electron chi connectivity index (χ4n) is 7.50. The summed E-state index contributed by atoms with van der Waals surface area (Å²) in [6.45, 7) is 4.13. The Labute approximate surface area is 355 Å². The largest absolute Gasteiger partial charge is 0.394 e. The second-order valence-electron chi connectivity index (χ2n) is 17.0. The average Bonchev–Trinajstić information content (AvgIpc) is 3.22. The minimum atomic E-state index is -1.17. The van der Waals surface area contributed by atoms with Gasteiger partial charge in [0.05, 0.1) is 18.8 Å². The first-order valence-corrected chi connectivity index (χ1v) is 24.9. The summed E-state index contributed by atoms with van der Waals surface area (Å²) in [6, 6.07) is -0.832. The highest BCUT2D eigenvalue weighted by Crippen LogP contribution is 2.16. The zero-order valence-corrected chi connectivity index (χ0v) is 38.0. The third-order valence-corrected chi connectivity index (χ3v) is 11.4. The van der Waals surface area contributed by atoms with E-state index in [0.717, 1.165) is 51.4 Å². The molecule has 0 aliphatic heterocycles. The van der Waals surface area contributed by atoms with Crippen LogP contribution in [-0.4, -0.2) is 46.1 Å². The predicted molar refractivity (Wildman–Crippen MR) is 250 cm³/mol. The van der Waals surface area contributed by atoms with Crippen LogP contribution < -0.4 is 5.32 Å². The highest BCUT2D eigenvalue weighted by atomic mass is 16.3. The Hall–Kier alpha value is -1.69. The molecular formula is C52H97NO4. The standard InChI is InChI=1S/C52H97NO4/c1-3-5-7-9-11-13-15-17-18-19-20-21-22-23-24-25-26-27-28-29-30-31-32-33-34-35-37-39-41-43-45-47-51(56)53-49(48-54)52(57)50(55)46-44-42-40-38-36-16-14-12-10-8-6-4-2/h12,14,20-21,23-24,38,40,49-50,52,54-55,57H,3-11,13,15-19,22,25-37,39,41-48H2,1-2H3,(H,53,56)/b14-12+,21-20-,24-23-,40-38+. The van der Waals surface area contributed by atoms with Gasteiger partial charge in [0.15, 0.2) is 0 Å². The number of nitrogens with one attached hydrogen (secondary N) is 1. The van der Waals surface area contributed by atoms with E-state index < -0.39 is 18.2 Å². The lowest BCUT2D eigenvalue weighted by molar-refractivity contribution is -0.124. The summed E-state index contributed by atoms with van der Waals surface area (Å²) in [5.41, 5.74) is 0. The molecule has 0 aromatic rings. The number of amides is 1. The molecule has 0 saturated carbocycles. The van der Waals surface area contributed by atoms with Crippen molar-refractivity contribution in [1.82, 2.24) is 5.32 Å². The molecule has 0 aromatic heterocycles. The van der Waals surface area contributed by atoms with Gasteiger partial charge in [0.2, 0.25) is 5.91 Å². The van der Waals surface area contributed by atoms with Crippen LogP contribution in [0.15, 0.2) is 48.6 Å². The van der Waals surface area contributed by atoms with E-state index in [1.807, 2.05) is 0 Å². The van der Waals surface area contributed by atoms with Crippen molar-refractivity contribution in [2.45, 2.75) is 270 Å². The molecule has 1 amide bonds. The van der Waals surface area contributed by atoms with Crippen LogP contribution in [0.5, 0.6) is 0 Å². The molecule has 0 aliphatic rings. The predicted octanol–water partition coefficient (Wildman–Crippen LogP) is 14.9. The first kappa shape index (κ1) is 55.3. The smallest absolute Gasteiger partial charge is 0.220 e. The molecule has 0 bridgehead atoms. The zero-order valence-electron chi connectivity index (χ0n) is 38.0. The molecule has 3 atom stereocenters. The molecule has 0 saturated heterocycles. The number of hydrogen-bond donors (Lipinski definition) is 4. The van der Waals surface area contributed by atoms with Gasteiger partial charge in [-0.2, -0.15) is 0 Å². The molecule has 57 heavy (non-hydrogen) atoms. The molecular weight excluding hydrogens is 703 g/mol. The van der Waals surface area contributed by atoms with Crippen molar-refractivity contribution in [3.8, 4) is 0 Å². The van der Waals surface area contributed by atoms with Crippen LogP contribution in [-0.2, 0) is 4.79 Å². The Morgan fingerprint density at radius 2 is 0.772 bits per heavy atom. The van der Waals surface area contributed by atoms with Crippen LogP contribution in [0.25, 0.3) is 0 Å². The maximum absolute atomic E-state index is 12.4. The molecule has 0 aromatic carbocycles. The number of carbonyl (C=O) groups excluding carboxylic acids is 1. The number of allylic oxidation sites excluding steroid dienone is 8. The summed E-state index contributed by atoms with van der Waals surface area (Å²) >= 11 is 0. The lowest BCUT2D eigenvalue weighted by atomic mass is 10.0. The second-order valence-corrected chi connectivity index (χ2v) is 17.0. The lowest BCUT2D eigenvalue weighted by Gasteiger charge is -2.26. The van der Waals surface area contributed by atoms with Crippen LogP contribution in [0.4, 0.5) is 0 Å². The molecule has 4 N–H and O–H groups in total. The maximum Gasteiger partial charge on any atom is 0.220 e. The van der Waals surface area contributed by atoms with Gasteiger partial charge in [-0.25, -0.2) is 0 Å². The van der Waals surface area contributed by atoms with Crippen molar-refractivity contribution in [3.05, 3.63) is 48.6 Å². The third-order valence-electron chi connectivity index (χ3n) is 11.4. The Morgan fingerprint density at radius 1 is 0.439 bits per heavy atom. The molecule has 0 rings (SSSR count). The summed E-state index contributed by atoms with van der Waals surface area (Å²) in [5, 5.41) is 33.5. The summed E-state index contributed by atoms with van der Waals surface area (Å²) in [5.74, 6) is -0.159. The van der Waals surface area contributed by atoms with Gasteiger partial charge in [0.25, 0.3) is 0 Å². The SMILES string of the molecule is CCCCC/C=C/CC/C=C/CCCC(O)C(O)C(CO)NC(=O)CCCCCCCCCCCCCCCCC/C=C\C/C=C\CCCCCCCCCCC. The van der Waals surface area contributed by atoms with Gasteiger partial charge in [-0.3, -0.25) is 4.79 Å². The van der Waals surface area contributed by atoms with Crippen LogP contribution in [0.2, 0.25) is 0 Å². The molecule has 0 fully saturated rings. The summed E-state index contributed by atoms with van der Waals surface area (Å²) in [6.07, 6.45) is 61.1. The van der Waals surface area contributed by atoms with Crippen molar-refractivity contribution in [1.29, 1.82) is 0 Å². The van der Waals surface area contributed by atoms with Crippen LogP contribution in [0.1, 0.15) is 251 Å². The van der Waals surface area contributed by atoms with Crippen LogP contribution in [0, 0.1) is 0 Å². The average molecular weight is 800 g/mol. The van der Waals surface area contributed by atoms with Crippen molar-refractivity contribution in [2.24, 2.45) is 0 Å². The normalized spacial score (nSPS) is 13.8. The maximum atomic E-state index is 12.4. The molecule has 0 radical (unpaired) electrons. The van der Waals surface area contributed by atoms with Crippen molar-refractivity contribution in [3.63, 3.8) is 0 Å². The van der Waals surface area contributed by atoms with Gasteiger partial charge in [0, 0.05) is 6.42 Å². The number of carbonyl (C=O) groups is 1. The Balaban J connectivity index is 3.55. The topological polar surface area (TPSA) is 89.8 Å². The minimum absolute atomic E-state index is 0.159. The molecule has 0 heterocycles. The summed E-state index contributed by atoms with van der Waals surface area (Å²) < 4.78 is 0. The fourth-order valence-corrected chi connectivity index (χ4v) is 7.50. The lowest BCUT2D eigenvalue weighted by Crippen LogP contribution is -2.50. The molecule has 3 unspecified atom stereocenters. The number of unbranched alkanes of at least 4 members (excludes halogenated alkanes) is 29. The van der Waals surface area contributed by atoms with Gasteiger partial charge >= 0.3 is 0 Å². The first-order chi connectivity index (χ1) is 28.1. The van der Waals surface area contributed by atoms with Crippen molar-refractivity contribution < 1.29 is 20.1 Å². The number of hydrogen-bond acceptors (Lipinski definition) is 4. The van der Waals surface area contributed by atoms with E-state index in [2.05, 4.69) is 67.8 Å². The monoisotopic (exact) mass is 800 g/mol. The molecule has 5 nitrogen and oxygen atoms in total. The van der Waals surface area contributed by atoms with Gasteiger partial charge in [-0.05, 0) is 83.5 Å². The number of aliphatic hydroxyl groups is 3. The van der Waals surface area contributed by atoms with Gasteiger partial charge in [-0.1, -0.05) is 210 Å². The van der Waals surface area contributed by atoms with E-state index in [0.29, 0.717) is 12.8 Å². The van der Waals surface area contributed by atoms with E-state index in [1.54, 1.807) is 0 Å². The van der Waals surface area contributed by atoms with E-state index in [9.17, 15) is 20.1 Å². The summed E-state index contributed by atoms with van der Waals surface area (Å²) in [7, 11) is 0. The Morgan fingerprint density at radius 3 is 1.21 bits per heavy atom. The van der Waals surface area contributed by atoms with E-state index >= 15 is 0 Å². The Kier molecular flexibility index (Phi) is 45.6. The number of rotatable bonds is 45. The van der Waals surface area contributed by atoms with E-state index in [-0.39, 0.29) is 12.5 Å². The third kappa shape index (κ3) is 42.2. The van der Waals surface area contributed by atoms with E-state index in [1.165, 1.54) is 173 Å². The highest BCUT2D eigenvalue weighted by molar-refractivity contribution is 5.76. The van der Waals surface area contributed by atoms with Gasteiger partial charge in [0.1, 0.15) is 6.10 Å². The zero-order chi connectivity index (χ0) is 41.5. The highest BCUT2D eigenvalue weighted by Gasteiger charge is 2.26. The first-order valence-electron chi connectivity index (χ1n) is 24.9. The molecule has 334 valence electrons. The second kappa shape index (κ2) is 47.0. The van der Waals surface area contributed by atoms with Crippen molar-refractivity contribution in [2.75, 3.05) is 6.61 Å². The molecule has 0 spiro atoms. The quantitative estimate of drug-likeness (QED) is 0.0365. The molecule has 5 heteroatoms. The summed E-state index contributed by atoms with van der Waals surface area (Å²) in [4.78, 5) is 12.4. The van der Waals surface area contributed by atoms with Gasteiger partial charge < -0.3 is 20.6 Å². The van der Waals surface area contributed by atoms with Crippen molar-refractivity contribution >= 4 is 5.91 Å². The van der Waals surface area contributed by atoms with E-state index in [4.69, 9.17) is 0 Å². The Bertz CT molecular complexity index is 927. The van der Waals surface area contributed by atoms with Crippen LogP contribution in [0.3, 0.4) is 0 Å². The molecule has 0 aliphatic carbocycles. The van der Waals surface area contributed by atoms with Gasteiger partial charge in [-0.15, -0.1) is 0 Å². The van der Waals surface area contributed by atoms with Crippen LogP contribution >= 0.6 is 0 Å². The number of aliphatic hydroxyl groups excluding tert-OH is 3. The minimum Gasteiger partial charge on any atom is -0.394 e. The fraction of sp³-hybridized carbons (Fsp3) is 0.827.